The van der Waals surface area contributed by atoms with Crippen LogP contribution < -0.4 is 20.7 Å². The molecule has 1 fully saturated rings. The van der Waals surface area contributed by atoms with Crippen molar-refractivity contribution in [2.24, 2.45) is 0 Å². The monoisotopic (exact) mass is 824 g/mol. The molecule has 3 aromatic carbocycles. The Bertz CT molecular complexity index is 1880. The molecule has 1 N–H and O–H groups in total. The van der Waals surface area contributed by atoms with Crippen LogP contribution in [0, 0.1) is 11.3 Å². The molecule has 5 rings (SSSR count). The number of aromatic nitrogens is 2. The first-order valence-corrected chi connectivity index (χ1v) is 20.9. The molecule has 1 aromatic heterocycles. The Morgan fingerprint density at radius 1 is 0.852 bits per heavy atom. The van der Waals surface area contributed by atoms with Gasteiger partial charge in [0.25, 0.3) is 0 Å². The second-order valence-electron chi connectivity index (χ2n) is 13.2. The first-order chi connectivity index (χ1) is 26.1. The Labute approximate surface area is 324 Å². The molecule has 1 unspecified atom stereocenters. The Kier molecular flexibility index (Phi) is 14.7. The summed E-state index contributed by atoms with van der Waals surface area (Å²) in [4.78, 5) is 27.1. The summed E-state index contributed by atoms with van der Waals surface area (Å²) in [5.74, 6) is 1.43. The summed E-state index contributed by atoms with van der Waals surface area (Å²) in [5, 5.41) is 9.35. The average Bonchev–Trinajstić information content (AvgIpc) is 3.51. The third-order valence-corrected chi connectivity index (χ3v) is 14.5. The van der Waals surface area contributed by atoms with Crippen LogP contribution in [0.15, 0.2) is 101 Å². The molecule has 0 saturated carbocycles. The topological polar surface area (TPSA) is 137 Å². The molecule has 54 heavy (non-hydrogen) atoms. The number of aromatic amines is 1. The van der Waals surface area contributed by atoms with Gasteiger partial charge in [-0.05, 0) is 0 Å². The van der Waals surface area contributed by atoms with Crippen LogP contribution in [-0.4, -0.2) is 88.0 Å². The van der Waals surface area contributed by atoms with Crippen LogP contribution in [-0.2, 0) is 24.1 Å². The van der Waals surface area contributed by atoms with E-state index in [1.807, 2.05) is 78.9 Å². The van der Waals surface area contributed by atoms with Crippen molar-refractivity contribution in [1.29, 1.82) is 5.26 Å². The zero-order chi connectivity index (χ0) is 38.8. The van der Waals surface area contributed by atoms with Crippen molar-refractivity contribution in [3.8, 4) is 17.6 Å². The number of ether oxygens (including phenoxy) is 4. The van der Waals surface area contributed by atoms with E-state index in [1.165, 1.54) is 16.8 Å². The van der Waals surface area contributed by atoms with Gasteiger partial charge in [0.05, 0.1) is 0 Å². The molecule has 2 heterocycles. The van der Waals surface area contributed by atoms with E-state index in [0.717, 1.165) is 16.7 Å². The van der Waals surface area contributed by atoms with Gasteiger partial charge in [0, 0.05) is 0 Å². The molecule has 1 aliphatic heterocycles. The molecule has 288 valence electrons. The molecule has 4 aromatic rings. The summed E-state index contributed by atoms with van der Waals surface area (Å²) in [6.07, 6.45) is 0.539. The van der Waals surface area contributed by atoms with Crippen molar-refractivity contribution < 1.29 is 28.0 Å². The van der Waals surface area contributed by atoms with Gasteiger partial charge in [0.1, 0.15) is 0 Å². The van der Waals surface area contributed by atoms with Gasteiger partial charge in [-0.2, -0.15) is 0 Å². The summed E-state index contributed by atoms with van der Waals surface area (Å²) < 4.78 is 41.8. The zero-order valence-corrected chi connectivity index (χ0v) is 34.3. The standard InChI is InChI=1S/C40H49N4O8PSe/c1-27(2)44(28(3)4)53(51-25-11-23-41)52-36-34(54-38(37(36)49-7)43-24-22-35(45)42-39(43)46)26-50-40(29-12-9-8-10-13-29,30-14-18-32(47-5)19-15-30)31-16-20-33(48-6)21-17-31/h8-10,12-22,24,27-28,34,36-38H,11,25-26H2,1-7H3,(H,42,45,46)/t34-,36-,37-,38-,53?/m1/s1. The molecule has 0 radical (unpaired) electrons. The fourth-order valence-corrected chi connectivity index (χ4v) is 12.0. The van der Waals surface area contributed by atoms with Crippen LogP contribution in [0.2, 0.25) is 4.82 Å². The predicted molar refractivity (Wildman–Crippen MR) is 209 cm³/mol. The van der Waals surface area contributed by atoms with Gasteiger partial charge >= 0.3 is 325 Å². The van der Waals surface area contributed by atoms with E-state index in [0.29, 0.717) is 11.5 Å². The SMILES string of the molecule is COc1ccc(C(OC[C@H]2[Se][C@@H](n3ccc(=O)[nH]c3=O)[C@H](OC)[C@@H]2OP(OCCC#N)N(C(C)C)C(C)C)(c2ccccc2)c2ccc(OC)cc2)cc1. The van der Waals surface area contributed by atoms with Crippen molar-refractivity contribution >= 4 is 23.5 Å². The van der Waals surface area contributed by atoms with Gasteiger partial charge in [0.2, 0.25) is 0 Å². The summed E-state index contributed by atoms with van der Waals surface area (Å²) in [5.41, 5.74) is 0.581. The van der Waals surface area contributed by atoms with E-state index >= 15 is 0 Å². The van der Waals surface area contributed by atoms with Crippen molar-refractivity contribution in [3.63, 3.8) is 0 Å². The van der Waals surface area contributed by atoms with Crippen molar-refractivity contribution in [1.82, 2.24) is 14.2 Å². The number of hydrogen-bond donors (Lipinski definition) is 1. The summed E-state index contributed by atoms with van der Waals surface area (Å²) in [7, 11) is 3.19. The number of hydrogen-bond acceptors (Lipinski definition) is 10. The van der Waals surface area contributed by atoms with Gasteiger partial charge in [-0.25, -0.2) is 0 Å². The number of nitriles is 1. The maximum absolute atomic E-state index is 13.3. The Balaban J connectivity index is 1.64. The summed E-state index contributed by atoms with van der Waals surface area (Å²) in [6, 6.07) is 29.4. The molecular formula is C40H49N4O8PSe. The van der Waals surface area contributed by atoms with Crippen LogP contribution in [0.5, 0.6) is 11.5 Å². The molecule has 14 heteroatoms. The molecule has 12 nitrogen and oxygen atoms in total. The van der Waals surface area contributed by atoms with Crippen LogP contribution >= 0.6 is 8.53 Å². The molecule has 0 aliphatic carbocycles. The fraction of sp³-hybridized carbons (Fsp3) is 0.425. The molecule has 1 saturated heterocycles. The molecular weight excluding hydrogens is 774 g/mol. The molecule has 0 bridgehead atoms. The van der Waals surface area contributed by atoms with Gasteiger partial charge in [-0.1, -0.05) is 0 Å². The van der Waals surface area contributed by atoms with Gasteiger partial charge in [-0.3, -0.25) is 0 Å². The molecule has 1 aliphatic rings. The molecule has 0 spiro atoms. The Hall–Kier alpha value is -3.82. The van der Waals surface area contributed by atoms with Crippen molar-refractivity contribution in [2.75, 3.05) is 34.5 Å². The number of H-pyrrole nitrogens is 1. The first kappa shape index (κ1) is 41.3. The Morgan fingerprint density at radius 3 is 1.93 bits per heavy atom. The van der Waals surface area contributed by atoms with E-state index < -0.39 is 42.5 Å². The quantitative estimate of drug-likeness (QED) is 0.0532. The van der Waals surface area contributed by atoms with Crippen LogP contribution in [0.25, 0.3) is 0 Å². The van der Waals surface area contributed by atoms with Gasteiger partial charge in [-0.15, -0.1) is 0 Å². The molecule has 5 atom stereocenters. The van der Waals surface area contributed by atoms with E-state index in [1.54, 1.807) is 21.3 Å². The number of rotatable bonds is 18. The number of benzene rings is 3. The van der Waals surface area contributed by atoms with E-state index in [9.17, 15) is 14.9 Å². The normalized spacial score (nSPS) is 19.3. The van der Waals surface area contributed by atoms with E-state index in [2.05, 4.69) is 43.4 Å². The second-order valence-corrected chi connectivity index (χ2v) is 17.5. The fourth-order valence-electron chi connectivity index (χ4n) is 6.75. The Morgan fingerprint density at radius 2 is 1.43 bits per heavy atom. The van der Waals surface area contributed by atoms with Crippen molar-refractivity contribution in [2.45, 2.75) is 73.8 Å². The first-order valence-electron chi connectivity index (χ1n) is 17.8. The summed E-state index contributed by atoms with van der Waals surface area (Å²) >= 11 is -0.357. The van der Waals surface area contributed by atoms with E-state index in [4.69, 9.17) is 28.0 Å². The maximum atomic E-state index is 13.3. The molecule has 0 amide bonds. The van der Waals surface area contributed by atoms with Gasteiger partial charge < -0.3 is 0 Å². The van der Waals surface area contributed by atoms with Crippen molar-refractivity contribution in [3.05, 3.63) is 129 Å². The van der Waals surface area contributed by atoms with E-state index in [-0.39, 0.29) is 51.5 Å². The number of methoxy groups -OCH3 is 3. The minimum atomic E-state index is -1.68. The minimum absolute atomic E-state index is 0.0642. The van der Waals surface area contributed by atoms with Gasteiger partial charge in [0.15, 0.2) is 0 Å². The van der Waals surface area contributed by atoms with Crippen LogP contribution in [0.3, 0.4) is 0 Å². The van der Waals surface area contributed by atoms with Crippen LogP contribution in [0.4, 0.5) is 0 Å². The van der Waals surface area contributed by atoms with Crippen LogP contribution in [0.1, 0.15) is 55.7 Å². The number of nitrogens with one attached hydrogen (secondary N) is 1. The third kappa shape index (κ3) is 9.16. The zero-order valence-electron chi connectivity index (χ0n) is 31.7. The average molecular weight is 824 g/mol. The summed E-state index contributed by atoms with van der Waals surface area (Å²) in [6.45, 7) is 8.74. The third-order valence-electron chi connectivity index (χ3n) is 9.19. The predicted octanol–water partition coefficient (Wildman–Crippen LogP) is 6.24. The number of nitrogens with zero attached hydrogens (tertiary/aromatic N) is 3. The second kappa shape index (κ2) is 19.2.